The quantitative estimate of drug-likeness (QED) is 0.663. The van der Waals surface area contributed by atoms with Gasteiger partial charge in [-0.15, -0.1) is 0 Å². The second kappa shape index (κ2) is 8.63. The summed E-state index contributed by atoms with van der Waals surface area (Å²) in [5.74, 6) is 0.151. The van der Waals surface area contributed by atoms with Crippen molar-refractivity contribution in [2.75, 3.05) is 5.32 Å². The predicted molar refractivity (Wildman–Crippen MR) is 127 cm³/mol. The molecule has 1 fully saturated rings. The Morgan fingerprint density at radius 1 is 1.21 bits per heavy atom. The first-order valence-electron chi connectivity index (χ1n) is 11.4. The number of hydrogen-bond acceptors (Lipinski definition) is 5. The van der Waals surface area contributed by atoms with Crippen LogP contribution in [0.3, 0.4) is 0 Å². The van der Waals surface area contributed by atoms with Gasteiger partial charge in [-0.1, -0.05) is 25.4 Å². The van der Waals surface area contributed by atoms with Crippen molar-refractivity contribution in [3.8, 4) is 11.1 Å². The van der Waals surface area contributed by atoms with Gasteiger partial charge in [0.15, 0.2) is 0 Å². The number of alkyl carbamates (subject to hydrolysis) is 1. The van der Waals surface area contributed by atoms with Crippen molar-refractivity contribution in [3.05, 3.63) is 29.2 Å². The highest BCUT2D eigenvalue weighted by Gasteiger charge is 2.33. The molecule has 1 saturated carbocycles. The normalized spacial score (nSPS) is 21.5. The summed E-state index contributed by atoms with van der Waals surface area (Å²) >= 11 is 6.47. The molecule has 178 valence electrons. The van der Waals surface area contributed by atoms with Crippen LogP contribution in [0.4, 0.5) is 10.6 Å². The highest BCUT2D eigenvalue weighted by molar-refractivity contribution is 6.33. The number of carbonyl (C=O) groups is 2. The van der Waals surface area contributed by atoms with Crippen LogP contribution < -0.4 is 10.6 Å². The van der Waals surface area contributed by atoms with E-state index in [1.54, 1.807) is 6.20 Å². The predicted octanol–water partition coefficient (Wildman–Crippen LogP) is 4.81. The monoisotopic (exact) mass is 473 g/mol. The molecule has 2 aromatic rings. The number of aromatic nitrogens is 3. The lowest BCUT2D eigenvalue weighted by Crippen LogP contribution is -2.38. The molecule has 0 saturated heterocycles. The van der Waals surface area contributed by atoms with E-state index < -0.39 is 11.7 Å². The van der Waals surface area contributed by atoms with Crippen LogP contribution >= 0.6 is 11.6 Å². The van der Waals surface area contributed by atoms with E-state index in [-0.39, 0.29) is 23.3 Å². The third-order valence-corrected chi connectivity index (χ3v) is 6.39. The summed E-state index contributed by atoms with van der Waals surface area (Å²) in [4.78, 5) is 29.2. The summed E-state index contributed by atoms with van der Waals surface area (Å²) in [7, 11) is 0. The van der Waals surface area contributed by atoms with E-state index in [1.807, 2.05) is 37.7 Å². The average molecular weight is 474 g/mol. The van der Waals surface area contributed by atoms with Crippen LogP contribution in [0.15, 0.2) is 18.5 Å². The van der Waals surface area contributed by atoms with Crippen molar-refractivity contribution >= 4 is 29.4 Å². The average Bonchev–Trinajstić information content (AvgIpc) is 3.36. The van der Waals surface area contributed by atoms with E-state index in [0.717, 1.165) is 36.2 Å². The molecule has 0 spiro atoms. The second-order valence-electron chi connectivity index (χ2n) is 10.9. The van der Waals surface area contributed by atoms with Crippen molar-refractivity contribution in [2.24, 2.45) is 11.3 Å². The van der Waals surface area contributed by atoms with Gasteiger partial charge in [0, 0.05) is 41.5 Å². The first-order valence-corrected chi connectivity index (χ1v) is 11.8. The minimum absolute atomic E-state index is 0.0808. The first-order chi connectivity index (χ1) is 15.4. The molecule has 1 aliphatic carbocycles. The molecule has 2 N–H and O–H groups in total. The lowest BCUT2D eigenvalue weighted by Gasteiger charge is -2.21. The summed E-state index contributed by atoms with van der Waals surface area (Å²) in [5.41, 5.74) is 2.55. The largest absolute Gasteiger partial charge is 0.444 e. The SMILES string of the molecule is CC1(C)Cc2c(-c3cc(NC(=O)[C@H]4CC[C@@H](NC(=O)OC(C)(C)C)C4)ncc3Cl)cnn2C1. The maximum Gasteiger partial charge on any atom is 0.407 e. The molecular weight excluding hydrogens is 442 g/mol. The summed E-state index contributed by atoms with van der Waals surface area (Å²) in [5, 5.41) is 10.8. The molecule has 2 amide bonds. The summed E-state index contributed by atoms with van der Waals surface area (Å²) in [6, 6.07) is 1.73. The Bertz CT molecular complexity index is 1070. The fourth-order valence-electron chi connectivity index (χ4n) is 4.64. The molecule has 2 aliphatic rings. The standard InChI is InChI=1S/C24H32ClN5O3/c1-23(2,3)33-22(32)28-15-7-6-14(8-15)21(31)29-20-9-16(18(25)12-26-20)17-11-27-30-13-24(4,5)10-19(17)30/h9,11-12,14-15H,6-8,10,13H2,1-5H3,(H,28,32)(H,26,29,31)/t14-,15+/m0/s1. The smallest absolute Gasteiger partial charge is 0.407 e. The highest BCUT2D eigenvalue weighted by atomic mass is 35.5. The van der Waals surface area contributed by atoms with Crippen LogP contribution in [-0.4, -0.2) is 38.4 Å². The lowest BCUT2D eigenvalue weighted by molar-refractivity contribution is -0.119. The van der Waals surface area contributed by atoms with Crippen LogP contribution in [0.5, 0.6) is 0 Å². The molecule has 0 aromatic carbocycles. The molecule has 0 unspecified atom stereocenters. The van der Waals surface area contributed by atoms with Crippen LogP contribution in [-0.2, 0) is 22.5 Å². The number of nitrogens with one attached hydrogen (secondary N) is 2. The van der Waals surface area contributed by atoms with Crippen LogP contribution in [0.1, 0.15) is 59.6 Å². The van der Waals surface area contributed by atoms with Gasteiger partial charge in [-0.25, -0.2) is 9.78 Å². The van der Waals surface area contributed by atoms with Crippen molar-refractivity contribution in [2.45, 2.75) is 78.5 Å². The molecule has 9 heteroatoms. The number of pyridine rings is 1. The zero-order chi connectivity index (χ0) is 24.0. The van der Waals surface area contributed by atoms with E-state index in [9.17, 15) is 9.59 Å². The molecule has 8 nitrogen and oxygen atoms in total. The van der Waals surface area contributed by atoms with Gasteiger partial charge in [0.05, 0.1) is 11.2 Å². The van der Waals surface area contributed by atoms with E-state index >= 15 is 0 Å². The maximum atomic E-state index is 12.9. The van der Waals surface area contributed by atoms with Crippen molar-refractivity contribution < 1.29 is 14.3 Å². The Hall–Kier alpha value is -2.61. The Kier molecular flexibility index (Phi) is 6.16. The van der Waals surface area contributed by atoms with Gasteiger partial charge in [0.2, 0.25) is 5.91 Å². The van der Waals surface area contributed by atoms with Crippen molar-refractivity contribution in [3.63, 3.8) is 0 Å². The third-order valence-electron chi connectivity index (χ3n) is 6.09. The molecule has 4 rings (SSSR count). The molecule has 33 heavy (non-hydrogen) atoms. The Balaban J connectivity index is 1.41. The number of nitrogens with zero attached hydrogens (tertiary/aromatic N) is 3. The number of hydrogen-bond donors (Lipinski definition) is 2. The maximum absolute atomic E-state index is 12.9. The van der Waals surface area contributed by atoms with Crippen LogP contribution in [0, 0.1) is 11.3 Å². The molecule has 0 bridgehead atoms. The van der Waals surface area contributed by atoms with E-state index in [2.05, 4.69) is 34.6 Å². The fourth-order valence-corrected chi connectivity index (χ4v) is 4.84. The second-order valence-corrected chi connectivity index (χ2v) is 11.3. The topological polar surface area (TPSA) is 98.1 Å². The number of rotatable bonds is 4. The van der Waals surface area contributed by atoms with Crippen molar-refractivity contribution in [1.82, 2.24) is 20.1 Å². The van der Waals surface area contributed by atoms with Gasteiger partial charge in [-0.2, -0.15) is 5.10 Å². The Morgan fingerprint density at radius 2 is 1.97 bits per heavy atom. The van der Waals surface area contributed by atoms with Gasteiger partial charge in [-0.05, 0) is 57.9 Å². The number of anilines is 1. The lowest BCUT2D eigenvalue weighted by atomic mass is 9.89. The van der Waals surface area contributed by atoms with Crippen LogP contribution in [0.25, 0.3) is 11.1 Å². The summed E-state index contributed by atoms with van der Waals surface area (Å²) < 4.78 is 7.34. The minimum atomic E-state index is -0.553. The molecule has 2 aromatic heterocycles. The van der Waals surface area contributed by atoms with Crippen molar-refractivity contribution in [1.29, 1.82) is 0 Å². The number of carbonyl (C=O) groups excluding carboxylic acids is 2. The number of halogens is 1. The van der Waals surface area contributed by atoms with Crippen LogP contribution in [0.2, 0.25) is 5.02 Å². The van der Waals surface area contributed by atoms with Gasteiger partial charge in [0.1, 0.15) is 11.4 Å². The van der Waals surface area contributed by atoms with Gasteiger partial charge in [0.25, 0.3) is 0 Å². The molecular formula is C24H32ClN5O3. The molecule has 1 aliphatic heterocycles. The highest BCUT2D eigenvalue weighted by Crippen LogP contribution is 2.39. The zero-order valence-corrected chi connectivity index (χ0v) is 20.6. The molecule has 3 heterocycles. The van der Waals surface area contributed by atoms with Gasteiger partial charge < -0.3 is 15.4 Å². The van der Waals surface area contributed by atoms with Gasteiger partial charge >= 0.3 is 6.09 Å². The number of fused-ring (bicyclic) bond motifs is 1. The zero-order valence-electron chi connectivity index (χ0n) is 19.9. The first kappa shape index (κ1) is 23.5. The fraction of sp³-hybridized carbons (Fsp3) is 0.583. The molecule has 2 atom stereocenters. The third kappa shape index (κ3) is 5.49. The molecule has 0 radical (unpaired) electrons. The number of amides is 2. The van der Waals surface area contributed by atoms with E-state index in [4.69, 9.17) is 16.3 Å². The van der Waals surface area contributed by atoms with E-state index in [0.29, 0.717) is 23.7 Å². The minimum Gasteiger partial charge on any atom is -0.444 e. The Morgan fingerprint density at radius 3 is 2.70 bits per heavy atom. The number of ether oxygens (including phenoxy) is 1. The summed E-state index contributed by atoms with van der Waals surface area (Å²) in [6.45, 7) is 10.8. The Labute approximate surface area is 199 Å². The summed E-state index contributed by atoms with van der Waals surface area (Å²) in [6.07, 6.45) is 5.86. The van der Waals surface area contributed by atoms with E-state index in [1.165, 1.54) is 0 Å². The van der Waals surface area contributed by atoms with Gasteiger partial charge in [-0.3, -0.25) is 9.48 Å².